The number of rotatable bonds is 3. The van der Waals surface area contributed by atoms with Crippen molar-refractivity contribution in [2.75, 3.05) is 37.7 Å². The van der Waals surface area contributed by atoms with Crippen LogP contribution in [0.2, 0.25) is 0 Å². The number of aliphatic hydroxyl groups is 1. The van der Waals surface area contributed by atoms with E-state index < -0.39 is 0 Å². The van der Waals surface area contributed by atoms with Crippen LogP contribution in [0.1, 0.15) is 24.4 Å². The van der Waals surface area contributed by atoms with Crippen LogP contribution in [0.4, 0.5) is 5.82 Å². The number of piperazine rings is 1. The van der Waals surface area contributed by atoms with Crippen LogP contribution in [0.3, 0.4) is 0 Å². The fourth-order valence-corrected chi connectivity index (χ4v) is 1.99. The summed E-state index contributed by atoms with van der Waals surface area (Å²) in [6.07, 6.45) is 1.41. The van der Waals surface area contributed by atoms with Crippen molar-refractivity contribution >= 4 is 5.82 Å². The zero-order valence-corrected chi connectivity index (χ0v) is 11.3. The number of hydrogen-bond acceptors (Lipinski definition) is 5. The standard InChI is InChI=1S/C14H20N4O/c1-12-16-13(5-3-2-4-10-19)11-14(17-12)18-8-6-15-7-9-18/h11,15,19H,2,4,6-10H2,1H3. The molecule has 0 radical (unpaired) electrons. The quantitative estimate of drug-likeness (QED) is 0.605. The monoisotopic (exact) mass is 260 g/mol. The largest absolute Gasteiger partial charge is 0.396 e. The highest BCUT2D eigenvalue weighted by atomic mass is 16.2. The highest BCUT2D eigenvalue weighted by Crippen LogP contribution is 2.12. The number of nitrogens with one attached hydrogen (secondary N) is 1. The molecule has 0 amide bonds. The van der Waals surface area contributed by atoms with Gasteiger partial charge in [0.05, 0.1) is 0 Å². The molecule has 2 rings (SSSR count). The molecule has 0 aromatic carbocycles. The summed E-state index contributed by atoms with van der Waals surface area (Å²) in [6.45, 7) is 5.98. The van der Waals surface area contributed by atoms with Crippen LogP contribution >= 0.6 is 0 Å². The molecule has 19 heavy (non-hydrogen) atoms. The third-order valence-corrected chi connectivity index (χ3v) is 2.94. The van der Waals surface area contributed by atoms with Crippen LogP contribution in [0, 0.1) is 18.8 Å². The Morgan fingerprint density at radius 2 is 2.16 bits per heavy atom. The van der Waals surface area contributed by atoms with Gasteiger partial charge < -0.3 is 15.3 Å². The Hall–Kier alpha value is -1.64. The molecule has 5 nitrogen and oxygen atoms in total. The minimum atomic E-state index is 0.184. The maximum absolute atomic E-state index is 8.72. The molecule has 0 saturated carbocycles. The lowest BCUT2D eigenvalue weighted by Gasteiger charge is -2.28. The highest BCUT2D eigenvalue weighted by Gasteiger charge is 2.12. The van der Waals surface area contributed by atoms with E-state index in [0.717, 1.165) is 43.5 Å². The summed E-state index contributed by atoms with van der Waals surface area (Å²) in [6, 6.07) is 1.95. The molecule has 1 aliphatic rings. The first-order chi connectivity index (χ1) is 9.29. The van der Waals surface area contributed by atoms with Gasteiger partial charge in [-0.25, -0.2) is 9.97 Å². The Balaban J connectivity index is 2.11. The summed E-state index contributed by atoms with van der Waals surface area (Å²) in [5.74, 6) is 7.79. The minimum absolute atomic E-state index is 0.184. The molecule has 1 aliphatic heterocycles. The molecule has 2 N–H and O–H groups in total. The van der Waals surface area contributed by atoms with Crippen molar-refractivity contribution in [3.05, 3.63) is 17.6 Å². The van der Waals surface area contributed by atoms with E-state index in [9.17, 15) is 0 Å². The predicted molar refractivity (Wildman–Crippen MR) is 75.0 cm³/mol. The van der Waals surface area contributed by atoms with Gasteiger partial charge in [0, 0.05) is 45.3 Å². The number of nitrogens with zero attached hydrogens (tertiary/aromatic N) is 3. The van der Waals surface area contributed by atoms with E-state index in [0.29, 0.717) is 12.8 Å². The number of unbranched alkanes of at least 4 members (excludes halogenated alkanes) is 1. The number of anilines is 1. The van der Waals surface area contributed by atoms with Gasteiger partial charge >= 0.3 is 0 Å². The number of aliphatic hydroxyl groups excluding tert-OH is 1. The number of aromatic nitrogens is 2. The van der Waals surface area contributed by atoms with Crippen molar-refractivity contribution in [1.29, 1.82) is 0 Å². The van der Waals surface area contributed by atoms with E-state index in [-0.39, 0.29) is 6.61 Å². The average Bonchev–Trinajstić information content (AvgIpc) is 2.44. The second-order valence-electron chi connectivity index (χ2n) is 4.52. The van der Waals surface area contributed by atoms with Crippen LogP contribution in [-0.4, -0.2) is 47.9 Å². The van der Waals surface area contributed by atoms with E-state index in [2.05, 4.69) is 32.0 Å². The third kappa shape index (κ3) is 4.19. The highest BCUT2D eigenvalue weighted by molar-refractivity contribution is 5.44. The summed E-state index contributed by atoms with van der Waals surface area (Å²) < 4.78 is 0. The van der Waals surface area contributed by atoms with Crippen molar-refractivity contribution in [3.8, 4) is 11.8 Å². The van der Waals surface area contributed by atoms with E-state index in [1.54, 1.807) is 0 Å². The SMILES string of the molecule is Cc1nc(C#CCCCO)cc(N2CCNCC2)n1. The normalized spacial score (nSPS) is 14.9. The van der Waals surface area contributed by atoms with E-state index in [1.807, 2.05) is 13.0 Å². The van der Waals surface area contributed by atoms with Crippen LogP contribution < -0.4 is 10.2 Å². The lowest BCUT2D eigenvalue weighted by atomic mass is 10.3. The Labute approximate surface area is 114 Å². The molecule has 2 heterocycles. The van der Waals surface area contributed by atoms with Crippen molar-refractivity contribution in [2.45, 2.75) is 19.8 Å². The fourth-order valence-electron chi connectivity index (χ4n) is 1.99. The summed E-state index contributed by atoms with van der Waals surface area (Å²) in [7, 11) is 0. The lowest BCUT2D eigenvalue weighted by molar-refractivity contribution is 0.290. The molecule has 1 aromatic heterocycles. The Morgan fingerprint density at radius 1 is 1.37 bits per heavy atom. The summed E-state index contributed by atoms with van der Waals surface area (Å²) in [5.41, 5.74) is 0.763. The Morgan fingerprint density at radius 3 is 2.89 bits per heavy atom. The van der Waals surface area contributed by atoms with Crippen LogP contribution in [0.5, 0.6) is 0 Å². The van der Waals surface area contributed by atoms with Gasteiger partial charge in [0.15, 0.2) is 0 Å². The second-order valence-corrected chi connectivity index (χ2v) is 4.52. The van der Waals surface area contributed by atoms with Gasteiger partial charge in [-0.05, 0) is 19.3 Å². The Kier molecular flexibility index (Phi) is 5.13. The average molecular weight is 260 g/mol. The van der Waals surface area contributed by atoms with E-state index in [4.69, 9.17) is 5.11 Å². The second kappa shape index (κ2) is 7.07. The fraction of sp³-hybridized carbons (Fsp3) is 0.571. The van der Waals surface area contributed by atoms with Gasteiger partial charge in [0.2, 0.25) is 0 Å². The molecule has 0 bridgehead atoms. The lowest BCUT2D eigenvalue weighted by Crippen LogP contribution is -2.44. The van der Waals surface area contributed by atoms with Gasteiger partial charge in [-0.15, -0.1) is 0 Å². The zero-order valence-electron chi connectivity index (χ0n) is 11.3. The third-order valence-electron chi connectivity index (χ3n) is 2.94. The van der Waals surface area contributed by atoms with E-state index >= 15 is 0 Å². The van der Waals surface area contributed by atoms with Crippen molar-refractivity contribution in [1.82, 2.24) is 15.3 Å². The summed E-state index contributed by atoms with van der Waals surface area (Å²) in [5, 5.41) is 12.0. The van der Waals surface area contributed by atoms with Gasteiger partial charge in [-0.1, -0.05) is 5.92 Å². The Bertz CT molecular complexity index is 472. The smallest absolute Gasteiger partial charge is 0.133 e. The van der Waals surface area contributed by atoms with Crippen LogP contribution in [0.25, 0.3) is 0 Å². The molecule has 0 unspecified atom stereocenters. The minimum Gasteiger partial charge on any atom is -0.396 e. The van der Waals surface area contributed by atoms with Crippen molar-refractivity contribution in [2.24, 2.45) is 0 Å². The molecular formula is C14H20N4O. The predicted octanol–water partition coefficient (Wildman–Crippen LogP) is 0.319. The van der Waals surface area contributed by atoms with Gasteiger partial charge in [-0.2, -0.15) is 0 Å². The first-order valence-corrected chi connectivity index (χ1v) is 6.70. The summed E-state index contributed by atoms with van der Waals surface area (Å²) >= 11 is 0. The molecule has 1 saturated heterocycles. The van der Waals surface area contributed by atoms with Gasteiger partial charge in [-0.3, -0.25) is 0 Å². The molecule has 1 aromatic rings. The molecular weight excluding hydrogens is 240 g/mol. The molecule has 0 aliphatic carbocycles. The molecule has 102 valence electrons. The first-order valence-electron chi connectivity index (χ1n) is 6.70. The topological polar surface area (TPSA) is 61.3 Å². The molecule has 0 spiro atoms. The maximum Gasteiger partial charge on any atom is 0.133 e. The molecule has 5 heteroatoms. The van der Waals surface area contributed by atoms with Crippen molar-refractivity contribution in [3.63, 3.8) is 0 Å². The molecule has 0 atom stereocenters. The van der Waals surface area contributed by atoms with Crippen LogP contribution in [0.15, 0.2) is 6.07 Å². The number of aryl methyl sites for hydroxylation is 1. The molecule has 1 fully saturated rings. The summed E-state index contributed by atoms with van der Waals surface area (Å²) in [4.78, 5) is 11.1. The zero-order chi connectivity index (χ0) is 13.5. The first kappa shape index (κ1) is 13.8. The number of hydrogen-bond donors (Lipinski definition) is 2. The van der Waals surface area contributed by atoms with Gasteiger partial charge in [0.1, 0.15) is 17.3 Å². The maximum atomic E-state index is 8.72. The van der Waals surface area contributed by atoms with Crippen molar-refractivity contribution < 1.29 is 5.11 Å². The van der Waals surface area contributed by atoms with Crippen LogP contribution in [-0.2, 0) is 0 Å². The van der Waals surface area contributed by atoms with Gasteiger partial charge in [0.25, 0.3) is 0 Å². The van der Waals surface area contributed by atoms with E-state index in [1.165, 1.54) is 0 Å².